The summed E-state index contributed by atoms with van der Waals surface area (Å²) in [6, 6.07) is 18.3. The molecule has 0 heterocycles. The van der Waals surface area contributed by atoms with E-state index >= 15 is 0 Å². The van der Waals surface area contributed by atoms with Crippen molar-refractivity contribution in [1.29, 1.82) is 0 Å². The maximum atomic E-state index is 2.56. The van der Waals surface area contributed by atoms with Crippen LogP contribution in [-0.2, 0) is 16.6 Å². The number of fused-ring (bicyclic) bond motifs is 3. The van der Waals surface area contributed by atoms with Crippen LogP contribution >= 0.6 is 24.8 Å². The smallest absolute Gasteiger partial charge is 0.147 e. The molecule has 0 saturated carbocycles. The van der Waals surface area contributed by atoms with E-state index in [0.29, 0.717) is 4.22 Å². The van der Waals surface area contributed by atoms with Crippen LogP contribution < -0.4 is 0 Å². The van der Waals surface area contributed by atoms with E-state index in [1.165, 1.54) is 17.5 Å². The first-order valence-corrected chi connectivity index (χ1v) is 14.9. The Morgan fingerprint density at radius 1 is 0.880 bits per heavy atom. The van der Waals surface area contributed by atoms with E-state index in [-0.39, 0.29) is 31.0 Å². The van der Waals surface area contributed by atoms with Crippen molar-refractivity contribution in [2.45, 2.75) is 30.7 Å². The van der Waals surface area contributed by atoms with Gasteiger partial charge in [0.1, 0.15) is 0 Å². The van der Waals surface area contributed by atoms with Crippen molar-refractivity contribution in [2.24, 2.45) is 0 Å². The molecule has 0 aromatic heterocycles. The van der Waals surface area contributed by atoms with Gasteiger partial charge in [0.25, 0.3) is 0 Å². The third-order valence-corrected chi connectivity index (χ3v) is 17.5. The summed E-state index contributed by atoms with van der Waals surface area (Å²) in [5, 5.41) is 0. The first kappa shape index (κ1) is 20.7. The number of halogens is 2. The Morgan fingerprint density at radius 3 is 1.84 bits per heavy atom. The molecule has 0 radical (unpaired) electrons. The molecule has 0 spiro atoms. The molecule has 0 unspecified atom stereocenters. The molecule has 0 atom stereocenters. The van der Waals surface area contributed by atoms with E-state index in [1.807, 2.05) is 3.88 Å². The molecule has 0 nitrogen and oxygen atoms in total. The fourth-order valence-electron chi connectivity index (χ4n) is 4.17. The number of allylic oxidation sites excluding steroid dienone is 4. The van der Waals surface area contributed by atoms with Crippen molar-refractivity contribution in [2.75, 3.05) is 0 Å². The number of hydrogen-bond acceptors (Lipinski definition) is 0. The maximum absolute atomic E-state index is 2.56. The van der Waals surface area contributed by atoms with Crippen LogP contribution in [0.1, 0.15) is 28.7 Å². The van der Waals surface area contributed by atoms with Gasteiger partial charge in [-0.15, -0.1) is 24.8 Å². The van der Waals surface area contributed by atoms with Gasteiger partial charge < -0.3 is 0 Å². The Morgan fingerprint density at radius 2 is 1.40 bits per heavy atom. The standard InChI is InChI=1S/C13H9.C6H7.C2H6Si.2ClH.Ti/c1-3-7-12-10(5-1)9-11-6-2-4-8-13(11)12;1-6-4-2-3-5-6;1-3-2;;;/h1-9H;2,4H,3H2,1H3;1-2H3;2*1H;. The van der Waals surface area contributed by atoms with Crippen LogP contribution in [0.2, 0.25) is 13.1 Å². The summed E-state index contributed by atoms with van der Waals surface area (Å²) in [4.78, 5) is 0. The zero-order valence-electron chi connectivity index (χ0n) is 14.9. The molecule has 4 heteroatoms. The van der Waals surface area contributed by atoms with Crippen LogP contribution in [0.3, 0.4) is 0 Å². The molecule has 130 valence electrons. The van der Waals surface area contributed by atoms with E-state index in [9.17, 15) is 0 Å². The predicted octanol–water partition coefficient (Wildman–Crippen LogP) is 6.70. The zero-order chi connectivity index (χ0) is 16.0. The van der Waals surface area contributed by atoms with Crippen LogP contribution in [-0.4, -0.2) is 6.19 Å². The molecule has 2 aliphatic carbocycles. The molecule has 0 aliphatic heterocycles. The number of benzene rings is 2. The molecular weight excluding hydrogens is 399 g/mol. The Hall–Kier alpha value is -0.569. The summed E-state index contributed by atoms with van der Waals surface area (Å²) in [6.45, 7) is 7.45. The van der Waals surface area contributed by atoms with E-state index < -0.39 is 16.6 Å². The first-order valence-electron chi connectivity index (χ1n) is 8.40. The van der Waals surface area contributed by atoms with Crippen molar-refractivity contribution >= 4 is 31.0 Å². The predicted molar refractivity (Wildman–Crippen MR) is 112 cm³/mol. The van der Waals surface area contributed by atoms with Crippen molar-refractivity contribution in [3.63, 3.8) is 0 Å². The molecule has 0 fully saturated rings. The molecule has 0 N–H and O–H groups in total. The SMILES string of the molecule is CC1=[C]([Ti]([CH]2c3ccccc3-c3ccccc32)=[Si](C)C)CC=C1.Cl.Cl. The van der Waals surface area contributed by atoms with Gasteiger partial charge in [-0.1, -0.05) is 0 Å². The van der Waals surface area contributed by atoms with Gasteiger partial charge in [0.15, 0.2) is 0 Å². The number of hydrogen-bond donors (Lipinski definition) is 0. The van der Waals surface area contributed by atoms with E-state index in [0.717, 1.165) is 0 Å². The second-order valence-corrected chi connectivity index (χ2v) is 18.8. The molecule has 2 aromatic carbocycles. The second kappa shape index (κ2) is 8.41. The minimum atomic E-state index is -1.37. The van der Waals surface area contributed by atoms with Crippen molar-refractivity contribution in [3.05, 3.63) is 81.3 Å². The van der Waals surface area contributed by atoms with Gasteiger partial charge in [-0.25, -0.2) is 0 Å². The summed E-state index contributed by atoms with van der Waals surface area (Å²) < 4.78 is 2.55. The number of rotatable bonds is 2. The Balaban J connectivity index is 0.00000113. The van der Waals surface area contributed by atoms with Crippen LogP contribution in [0.4, 0.5) is 0 Å². The van der Waals surface area contributed by atoms with Gasteiger partial charge in [-0.3, -0.25) is 0 Å². The second-order valence-electron chi connectivity index (χ2n) is 6.79. The van der Waals surface area contributed by atoms with Gasteiger partial charge in [0, 0.05) is 0 Å². The molecule has 2 aromatic rings. The van der Waals surface area contributed by atoms with Crippen LogP contribution in [0.15, 0.2) is 70.1 Å². The van der Waals surface area contributed by atoms with E-state index in [4.69, 9.17) is 0 Å². The molecule has 0 saturated heterocycles. The summed E-state index contributed by atoms with van der Waals surface area (Å²) in [5.74, 6) is 0. The van der Waals surface area contributed by atoms with Gasteiger partial charge in [0.05, 0.1) is 0 Å². The zero-order valence-corrected chi connectivity index (χ0v) is 19.1. The average Bonchev–Trinajstić information content (AvgIpc) is 3.11. The van der Waals surface area contributed by atoms with Gasteiger partial charge >= 0.3 is 146 Å². The van der Waals surface area contributed by atoms with Gasteiger partial charge in [-0.05, 0) is 0 Å². The molecule has 2 aliphatic rings. The fraction of sp³-hybridized carbons (Fsp3) is 0.238. The molecular formula is C21H24Cl2SiTi. The summed E-state index contributed by atoms with van der Waals surface area (Å²) in [5.41, 5.74) is 7.79. The van der Waals surface area contributed by atoms with E-state index in [2.05, 4.69) is 80.7 Å². The summed E-state index contributed by atoms with van der Waals surface area (Å²) in [7, 11) is 0. The van der Waals surface area contributed by atoms with Gasteiger partial charge in [0.2, 0.25) is 0 Å². The topological polar surface area (TPSA) is 0 Å². The Bertz CT molecular complexity index is 847. The molecule has 4 rings (SSSR count). The molecule has 0 amide bonds. The minimum Gasteiger partial charge on any atom is -0.147 e. The molecule has 0 bridgehead atoms. The Labute approximate surface area is 169 Å². The first-order chi connectivity index (χ1) is 11.2. The summed E-state index contributed by atoms with van der Waals surface area (Å²) >= 11 is -1.37. The quantitative estimate of drug-likeness (QED) is 0.472. The van der Waals surface area contributed by atoms with E-state index in [1.54, 1.807) is 16.7 Å². The van der Waals surface area contributed by atoms with Crippen molar-refractivity contribution in [3.8, 4) is 11.1 Å². The Kier molecular flexibility index (Phi) is 6.98. The third kappa shape index (κ3) is 3.50. The van der Waals surface area contributed by atoms with Crippen molar-refractivity contribution in [1.82, 2.24) is 0 Å². The molecule has 25 heavy (non-hydrogen) atoms. The normalized spacial score (nSPS) is 14.5. The van der Waals surface area contributed by atoms with Crippen LogP contribution in [0.25, 0.3) is 11.1 Å². The summed E-state index contributed by atoms with van der Waals surface area (Å²) in [6.07, 6.45) is 5.68. The van der Waals surface area contributed by atoms with Crippen molar-refractivity contribution < 1.29 is 16.6 Å². The average molecular weight is 423 g/mol. The van der Waals surface area contributed by atoms with Crippen LogP contribution in [0.5, 0.6) is 0 Å². The fourth-order valence-corrected chi connectivity index (χ4v) is 17.0. The van der Waals surface area contributed by atoms with Crippen LogP contribution in [0, 0.1) is 0 Å². The van der Waals surface area contributed by atoms with Gasteiger partial charge in [-0.2, -0.15) is 0 Å². The monoisotopic (exact) mass is 422 g/mol. The minimum absolute atomic E-state index is 0. The largest absolute Gasteiger partial charge is 0.147 e. The maximum Gasteiger partial charge on any atom is -0.147 e. The third-order valence-electron chi connectivity index (χ3n) is 5.15.